The standard InChI is InChI=1S/C15H14N4/c1-11-10-12(2)17-15(16-11)19-9-8-14(18-19)13-6-4-3-5-7-13/h3-10H,1-2H3. The van der Waals surface area contributed by atoms with Crippen molar-refractivity contribution in [2.45, 2.75) is 13.8 Å². The van der Waals surface area contributed by atoms with Crippen LogP contribution in [0.15, 0.2) is 48.7 Å². The Morgan fingerprint density at radius 2 is 1.58 bits per heavy atom. The van der Waals surface area contributed by atoms with E-state index in [4.69, 9.17) is 0 Å². The highest BCUT2D eigenvalue weighted by molar-refractivity contribution is 5.58. The molecule has 2 aromatic heterocycles. The third-order valence-electron chi connectivity index (χ3n) is 2.83. The summed E-state index contributed by atoms with van der Waals surface area (Å²) in [6.45, 7) is 3.92. The minimum Gasteiger partial charge on any atom is -0.216 e. The largest absolute Gasteiger partial charge is 0.250 e. The number of aromatic nitrogens is 4. The molecule has 0 saturated carbocycles. The van der Waals surface area contributed by atoms with Crippen molar-refractivity contribution >= 4 is 0 Å². The Morgan fingerprint density at radius 3 is 2.26 bits per heavy atom. The molecule has 0 spiro atoms. The quantitative estimate of drug-likeness (QED) is 0.702. The maximum Gasteiger partial charge on any atom is 0.250 e. The molecule has 3 aromatic rings. The number of nitrogens with zero attached hydrogens (tertiary/aromatic N) is 4. The summed E-state index contributed by atoms with van der Waals surface area (Å²) in [5, 5.41) is 4.52. The van der Waals surface area contributed by atoms with E-state index in [1.165, 1.54) is 0 Å². The Morgan fingerprint density at radius 1 is 0.895 bits per heavy atom. The van der Waals surface area contributed by atoms with E-state index >= 15 is 0 Å². The number of rotatable bonds is 2. The Kier molecular flexibility index (Phi) is 2.83. The van der Waals surface area contributed by atoms with E-state index in [2.05, 4.69) is 15.1 Å². The van der Waals surface area contributed by atoms with Crippen molar-refractivity contribution in [3.63, 3.8) is 0 Å². The van der Waals surface area contributed by atoms with Gasteiger partial charge >= 0.3 is 0 Å². The summed E-state index contributed by atoms with van der Waals surface area (Å²) in [5.41, 5.74) is 3.90. The molecule has 0 unspecified atom stereocenters. The molecule has 0 aliphatic rings. The van der Waals surface area contributed by atoms with Crippen molar-refractivity contribution in [1.82, 2.24) is 19.7 Å². The first-order valence-corrected chi connectivity index (χ1v) is 6.16. The average Bonchev–Trinajstić information content (AvgIpc) is 2.88. The van der Waals surface area contributed by atoms with Crippen LogP contribution in [0.25, 0.3) is 17.2 Å². The van der Waals surface area contributed by atoms with Crippen LogP contribution < -0.4 is 0 Å². The minimum absolute atomic E-state index is 0.611. The second-order valence-electron chi connectivity index (χ2n) is 4.46. The molecule has 4 heteroatoms. The molecular formula is C15H14N4. The third kappa shape index (κ3) is 2.38. The van der Waals surface area contributed by atoms with E-state index < -0.39 is 0 Å². The van der Waals surface area contributed by atoms with Gasteiger partial charge in [-0.25, -0.2) is 14.6 Å². The summed E-state index contributed by atoms with van der Waals surface area (Å²) in [6, 6.07) is 14.0. The van der Waals surface area contributed by atoms with Crippen LogP contribution in [0, 0.1) is 13.8 Å². The number of benzene rings is 1. The van der Waals surface area contributed by atoms with Crippen LogP contribution in [0.2, 0.25) is 0 Å². The third-order valence-corrected chi connectivity index (χ3v) is 2.83. The topological polar surface area (TPSA) is 43.6 Å². The zero-order valence-electron chi connectivity index (χ0n) is 10.9. The smallest absolute Gasteiger partial charge is 0.216 e. The van der Waals surface area contributed by atoms with Gasteiger partial charge in [-0.05, 0) is 26.0 Å². The van der Waals surface area contributed by atoms with Gasteiger partial charge in [0.15, 0.2) is 0 Å². The van der Waals surface area contributed by atoms with Crippen molar-refractivity contribution in [3.8, 4) is 17.2 Å². The fourth-order valence-corrected chi connectivity index (χ4v) is 2.01. The molecule has 0 aliphatic heterocycles. The van der Waals surface area contributed by atoms with E-state index in [1.807, 2.05) is 62.5 Å². The SMILES string of the molecule is Cc1cc(C)nc(-n2ccc(-c3ccccc3)n2)n1. The normalized spacial score (nSPS) is 10.6. The Bertz CT molecular complexity index is 681. The molecule has 3 rings (SSSR count). The summed E-state index contributed by atoms with van der Waals surface area (Å²) in [4.78, 5) is 8.80. The Hall–Kier alpha value is -2.49. The highest BCUT2D eigenvalue weighted by Crippen LogP contribution is 2.17. The molecular weight excluding hydrogens is 236 g/mol. The monoisotopic (exact) mass is 250 g/mol. The zero-order chi connectivity index (χ0) is 13.2. The number of hydrogen-bond acceptors (Lipinski definition) is 3. The summed E-state index contributed by atoms with van der Waals surface area (Å²) < 4.78 is 1.71. The van der Waals surface area contributed by atoms with E-state index in [0.717, 1.165) is 22.6 Å². The first-order valence-electron chi connectivity index (χ1n) is 6.16. The maximum absolute atomic E-state index is 4.52. The predicted molar refractivity (Wildman–Crippen MR) is 74.1 cm³/mol. The molecule has 0 aliphatic carbocycles. The van der Waals surface area contributed by atoms with Crippen molar-refractivity contribution < 1.29 is 0 Å². The van der Waals surface area contributed by atoms with Gasteiger partial charge in [0, 0.05) is 23.1 Å². The Balaban J connectivity index is 2.02. The van der Waals surface area contributed by atoms with E-state index in [-0.39, 0.29) is 0 Å². The van der Waals surface area contributed by atoms with Crippen LogP contribution in [0.1, 0.15) is 11.4 Å². The minimum atomic E-state index is 0.611. The first-order chi connectivity index (χ1) is 9.22. The van der Waals surface area contributed by atoms with Crippen LogP contribution >= 0.6 is 0 Å². The van der Waals surface area contributed by atoms with Crippen LogP contribution in [-0.2, 0) is 0 Å². The van der Waals surface area contributed by atoms with E-state index in [9.17, 15) is 0 Å². The average molecular weight is 250 g/mol. The molecule has 0 bridgehead atoms. The van der Waals surface area contributed by atoms with Crippen molar-refractivity contribution in [3.05, 3.63) is 60.0 Å². The van der Waals surface area contributed by atoms with Gasteiger partial charge in [0.2, 0.25) is 0 Å². The van der Waals surface area contributed by atoms with E-state index in [1.54, 1.807) is 4.68 Å². The van der Waals surface area contributed by atoms with E-state index in [0.29, 0.717) is 5.95 Å². The second-order valence-corrected chi connectivity index (χ2v) is 4.46. The van der Waals surface area contributed by atoms with Crippen molar-refractivity contribution in [2.24, 2.45) is 0 Å². The van der Waals surface area contributed by atoms with Crippen molar-refractivity contribution in [1.29, 1.82) is 0 Å². The molecule has 1 aromatic carbocycles. The predicted octanol–water partition coefficient (Wildman–Crippen LogP) is 2.95. The van der Waals surface area contributed by atoms with Gasteiger partial charge in [-0.1, -0.05) is 30.3 Å². The summed E-state index contributed by atoms with van der Waals surface area (Å²) in [5.74, 6) is 0.611. The number of hydrogen-bond donors (Lipinski definition) is 0. The van der Waals surface area contributed by atoms with Crippen molar-refractivity contribution in [2.75, 3.05) is 0 Å². The van der Waals surface area contributed by atoms with Gasteiger partial charge in [-0.2, -0.15) is 5.10 Å². The molecule has 0 radical (unpaired) electrons. The van der Waals surface area contributed by atoms with Gasteiger partial charge in [-0.15, -0.1) is 0 Å². The molecule has 2 heterocycles. The highest BCUT2D eigenvalue weighted by Gasteiger charge is 2.06. The second kappa shape index (κ2) is 4.65. The molecule has 19 heavy (non-hydrogen) atoms. The summed E-state index contributed by atoms with van der Waals surface area (Å²) in [7, 11) is 0. The fraction of sp³-hybridized carbons (Fsp3) is 0.133. The molecule has 0 saturated heterocycles. The summed E-state index contributed by atoms with van der Waals surface area (Å²) >= 11 is 0. The van der Waals surface area contributed by atoms with Gasteiger partial charge in [0.05, 0.1) is 5.69 Å². The maximum atomic E-state index is 4.52. The molecule has 94 valence electrons. The lowest BCUT2D eigenvalue weighted by atomic mass is 10.2. The highest BCUT2D eigenvalue weighted by atomic mass is 15.3. The van der Waals surface area contributed by atoms with Gasteiger partial charge in [0.1, 0.15) is 0 Å². The van der Waals surface area contributed by atoms with Crippen LogP contribution in [-0.4, -0.2) is 19.7 Å². The molecule has 0 amide bonds. The number of aryl methyl sites for hydroxylation is 2. The van der Waals surface area contributed by atoms with Crippen LogP contribution in [0.3, 0.4) is 0 Å². The zero-order valence-corrected chi connectivity index (χ0v) is 10.9. The molecule has 0 N–H and O–H groups in total. The molecule has 4 nitrogen and oxygen atoms in total. The van der Waals surface area contributed by atoms with Crippen LogP contribution in [0.5, 0.6) is 0 Å². The molecule has 0 atom stereocenters. The first kappa shape index (κ1) is 11.6. The lowest BCUT2D eigenvalue weighted by Crippen LogP contribution is -2.04. The molecule has 0 fully saturated rings. The van der Waals surface area contributed by atoms with Gasteiger partial charge in [0.25, 0.3) is 5.95 Å². The van der Waals surface area contributed by atoms with Crippen LogP contribution in [0.4, 0.5) is 0 Å². The van der Waals surface area contributed by atoms with Gasteiger partial charge < -0.3 is 0 Å². The van der Waals surface area contributed by atoms with Gasteiger partial charge in [-0.3, -0.25) is 0 Å². The lowest BCUT2D eigenvalue weighted by molar-refractivity contribution is 0.796. The Labute approximate surface area is 111 Å². The fourth-order valence-electron chi connectivity index (χ4n) is 2.01. The summed E-state index contributed by atoms with van der Waals surface area (Å²) in [6.07, 6.45) is 1.89. The lowest BCUT2D eigenvalue weighted by Gasteiger charge is -2.02.